The molecule has 0 aromatic heterocycles. The average Bonchev–Trinajstić information content (AvgIpc) is 2.32. The highest BCUT2D eigenvalue weighted by Gasteiger charge is 2.20. The van der Waals surface area contributed by atoms with Gasteiger partial charge in [-0.2, -0.15) is 0 Å². The zero-order valence-corrected chi connectivity index (χ0v) is 10.7. The Hall–Kier alpha value is -1.22. The molecule has 0 saturated carbocycles. The third-order valence-corrected chi connectivity index (χ3v) is 3.17. The van der Waals surface area contributed by atoms with Crippen LogP contribution in [0.2, 0.25) is 0 Å². The fraction of sp³-hybridized carbons (Fsp3) is 0.571. The summed E-state index contributed by atoms with van der Waals surface area (Å²) in [5.41, 5.74) is 8.68. The van der Waals surface area contributed by atoms with E-state index in [4.69, 9.17) is 15.2 Å². The van der Waals surface area contributed by atoms with E-state index in [2.05, 4.69) is 12.1 Å². The first-order chi connectivity index (χ1) is 8.26. The van der Waals surface area contributed by atoms with Gasteiger partial charge in [-0.15, -0.1) is 0 Å². The number of hydrogen-bond acceptors (Lipinski definition) is 3. The van der Waals surface area contributed by atoms with Crippen LogP contribution >= 0.6 is 0 Å². The highest BCUT2D eigenvalue weighted by Crippen LogP contribution is 2.37. The van der Waals surface area contributed by atoms with Crippen LogP contribution in [0.15, 0.2) is 12.1 Å². The molecule has 0 heterocycles. The Labute approximate surface area is 103 Å². The number of rotatable bonds is 4. The molecule has 1 aliphatic rings. The summed E-state index contributed by atoms with van der Waals surface area (Å²) in [4.78, 5) is 0. The lowest BCUT2D eigenvalue weighted by Crippen LogP contribution is -2.17. The molecule has 0 spiro atoms. The van der Waals surface area contributed by atoms with Crippen molar-refractivity contribution in [2.75, 3.05) is 13.2 Å². The van der Waals surface area contributed by atoms with Crippen molar-refractivity contribution < 1.29 is 9.47 Å². The molecular formula is C14H21NO2. The van der Waals surface area contributed by atoms with Gasteiger partial charge in [-0.25, -0.2) is 0 Å². The van der Waals surface area contributed by atoms with Gasteiger partial charge in [0.05, 0.1) is 13.2 Å². The van der Waals surface area contributed by atoms with Crippen molar-refractivity contribution in [3.63, 3.8) is 0 Å². The third-order valence-electron chi connectivity index (χ3n) is 3.17. The molecule has 0 saturated heterocycles. The zero-order valence-electron chi connectivity index (χ0n) is 10.7. The van der Waals surface area contributed by atoms with Gasteiger partial charge < -0.3 is 15.2 Å². The predicted octanol–water partition coefficient (Wildman–Crippen LogP) is 2.82. The lowest BCUT2D eigenvalue weighted by atomic mass is 9.88. The van der Waals surface area contributed by atoms with E-state index in [1.54, 1.807) is 0 Å². The molecule has 17 heavy (non-hydrogen) atoms. The summed E-state index contributed by atoms with van der Waals surface area (Å²) >= 11 is 0. The van der Waals surface area contributed by atoms with Gasteiger partial charge in [-0.1, -0.05) is 0 Å². The van der Waals surface area contributed by atoms with E-state index in [1.807, 2.05) is 13.8 Å². The highest BCUT2D eigenvalue weighted by atomic mass is 16.5. The minimum absolute atomic E-state index is 0.147. The maximum absolute atomic E-state index is 6.14. The van der Waals surface area contributed by atoms with Gasteiger partial charge in [0.2, 0.25) is 0 Å². The van der Waals surface area contributed by atoms with E-state index >= 15 is 0 Å². The summed E-state index contributed by atoms with van der Waals surface area (Å²) in [5, 5.41) is 0. The van der Waals surface area contributed by atoms with Gasteiger partial charge in [-0.3, -0.25) is 0 Å². The molecule has 0 radical (unpaired) electrons. The number of nitrogens with two attached hydrogens (primary N) is 1. The smallest absolute Gasteiger partial charge is 0.161 e. The second-order valence-electron chi connectivity index (χ2n) is 4.36. The Morgan fingerprint density at radius 1 is 1.18 bits per heavy atom. The van der Waals surface area contributed by atoms with Gasteiger partial charge in [0.15, 0.2) is 11.5 Å². The predicted molar refractivity (Wildman–Crippen MR) is 68.6 cm³/mol. The molecule has 3 nitrogen and oxygen atoms in total. The first kappa shape index (κ1) is 12.2. The number of hydrogen-bond donors (Lipinski definition) is 1. The van der Waals surface area contributed by atoms with Crippen LogP contribution in [0, 0.1) is 0 Å². The van der Waals surface area contributed by atoms with E-state index in [1.165, 1.54) is 11.1 Å². The average molecular weight is 235 g/mol. The fourth-order valence-electron chi connectivity index (χ4n) is 2.38. The molecule has 1 aromatic carbocycles. The van der Waals surface area contributed by atoms with Crippen molar-refractivity contribution in [3.8, 4) is 11.5 Å². The van der Waals surface area contributed by atoms with Crippen molar-refractivity contribution in [2.24, 2.45) is 5.73 Å². The fourth-order valence-corrected chi connectivity index (χ4v) is 2.38. The minimum atomic E-state index is 0.147. The molecule has 1 unspecified atom stereocenters. The molecule has 3 heteroatoms. The molecule has 0 fully saturated rings. The van der Waals surface area contributed by atoms with Crippen LogP contribution in [-0.2, 0) is 6.42 Å². The number of benzene rings is 1. The molecule has 0 aliphatic heterocycles. The van der Waals surface area contributed by atoms with Crippen LogP contribution in [0.1, 0.15) is 43.9 Å². The number of ether oxygens (including phenoxy) is 2. The lowest BCUT2D eigenvalue weighted by Gasteiger charge is -2.24. The summed E-state index contributed by atoms with van der Waals surface area (Å²) in [6.07, 6.45) is 3.32. The number of aryl methyl sites for hydroxylation is 1. The third kappa shape index (κ3) is 2.55. The molecule has 2 N–H and O–H groups in total. The first-order valence-corrected chi connectivity index (χ1v) is 6.44. The minimum Gasteiger partial charge on any atom is -0.490 e. The molecule has 2 rings (SSSR count). The summed E-state index contributed by atoms with van der Waals surface area (Å²) in [6.45, 7) is 5.27. The molecule has 0 amide bonds. The Bertz CT molecular complexity index is 390. The van der Waals surface area contributed by atoms with Gasteiger partial charge in [0.1, 0.15) is 0 Å². The summed E-state index contributed by atoms with van der Waals surface area (Å²) in [7, 11) is 0. The van der Waals surface area contributed by atoms with Crippen LogP contribution < -0.4 is 15.2 Å². The molecule has 94 valence electrons. The van der Waals surface area contributed by atoms with Gasteiger partial charge in [0, 0.05) is 6.04 Å². The number of fused-ring (bicyclic) bond motifs is 1. The van der Waals surface area contributed by atoms with Crippen molar-refractivity contribution in [3.05, 3.63) is 23.3 Å². The SMILES string of the molecule is CCOc1cc2c(cc1OCC)C(N)CCC2. The van der Waals surface area contributed by atoms with Crippen LogP contribution in [0.25, 0.3) is 0 Å². The second kappa shape index (κ2) is 5.41. The molecule has 1 aromatic rings. The van der Waals surface area contributed by atoms with Gasteiger partial charge in [0.25, 0.3) is 0 Å². The molecule has 0 bridgehead atoms. The summed E-state index contributed by atoms with van der Waals surface area (Å²) < 4.78 is 11.2. The largest absolute Gasteiger partial charge is 0.490 e. The second-order valence-corrected chi connectivity index (χ2v) is 4.36. The summed E-state index contributed by atoms with van der Waals surface area (Å²) in [5.74, 6) is 1.67. The van der Waals surface area contributed by atoms with Gasteiger partial charge >= 0.3 is 0 Å². The Balaban J connectivity index is 2.39. The Morgan fingerprint density at radius 3 is 2.47 bits per heavy atom. The quantitative estimate of drug-likeness (QED) is 0.872. The van der Waals surface area contributed by atoms with Crippen LogP contribution in [0.4, 0.5) is 0 Å². The van der Waals surface area contributed by atoms with E-state index in [-0.39, 0.29) is 6.04 Å². The van der Waals surface area contributed by atoms with Crippen molar-refractivity contribution >= 4 is 0 Å². The maximum atomic E-state index is 6.14. The van der Waals surface area contributed by atoms with Crippen molar-refractivity contribution in [1.82, 2.24) is 0 Å². The summed E-state index contributed by atoms with van der Waals surface area (Å²) in [6, 6.07) is 4.31. The lowest BCUT2D eigenvalue weighted by molar-refractivity contribution is 0.286. The normalized spacial score (nSPS) is 18.6. The molecule has 1 aliphatic carbocycles. The van der Waals surface area contributed by atoms with Crippen LogP contribution in [0.5, 0.6) is 11.5 Å². The van der Waals surface area contributed by atoms with E-state index < -0.39 is 0 Å². The Kier molecular flexibility index (Phi) is 3.89. The first-order valence-electron chi connectivity index (χ1n) is 6.44. The van der Waals surface area contributed by atoms with Crippen molar-refractivity contribution in [1.29, 1.82) is 0 Å². The van der Waals surface area contributed by atoms with E-state index in [9.17, 15) is 0 Å². The zero-order chi connectivity index (χ0) is 12.3. The molecule has 1 atom stereocenters. The maximum Gasteiger partial charge on any atom is 0.161 e. The van der Waals surface area contributed by atoms with E-state index in [0.29, 0.717) is 13.2 Å². The van der Waals surface area contributed by atoms with E-state index in [0.717, 1.165) is 30.8 Å². The molecular weight excluding hydrogens is 214 g/mol. The van der Waals surface area contributed by atoms with Crippen LogP contribution in [-0.4, -0.2) is 13.2 Å². The van der Waals surface area contributed by atoms with Crippen LogP contribution in [0.3, 0.4) is 0 Å². The topological polar surface area (TPSA) is 44.5 Å². The Morgan fingerprint density at radius 2 is 1.82 bits per heavy atom. The van der Waals surface area contributed by atoms with Gasteiger partial charge in [-0.05, 0) is 56.4 Å². The monoisotopic (exact) mass is 235 g/mol. The van der Waals surface area contributed by atoms with Crippen molar-refractivity contribution in [2.45, 2.75) is 39.2 Å². The highest BCUT2D eigenvalue weighted by molar-refractivity contribution is 5.49. The standard InChI is InChI=1S/C14H21NO2/c1-3-16-13-8-10-6-5-7-12(15)11(10)9-14(13)17-4-2/h8-9,12H,3-7,15H2,1-2H3.